The van der Waals surface area contributed by atoms with E-state index in [1.807, 2.05) is 25.1 Å². The Bertz CT molecular complexity index is 814. The van der Waals surface area contributed by atoms with Crippen molar-refractivity contribution in [1.82, 2.24) is 4.57 Å². The highest BCUT2D eigenvalue weighted by Gasteiger charge is 2.17. The monoisotopic (exact) mass is 326 g/mol. The average molecular weight is 326 g/mol. The molecule has 128 valence electrons. The maximum atomic E-state index is 12.9. The van der Waals surface area contributed by atoms with E-state index in [1.165, 1.54) is 12.8 Å². The summed E-state index contributed by atoms with van der Waals surface area (Å²) in [4.78, 5) is 17.5. The second-order valence-corrected chi connectivity index (χ2v) is 6.81. The highest BCUT2D eigenvalue weighted by molar-refractivity contribution is 5.95. The number of unbranched alkanes of at least 4 members (excludes halogenated alkanes) is 1. The third-order valence-corrected chi connectivity index (χ3v) is 4.90. The second kappa shape index (κ2) is 7.20. The molecule has 1 aromatic heterocycles. The average Bonchev–Trinajstić information content (AvgIpc) is 3.08. The number of hydrogen-bond donors (Lipinski definition) is 1. The van der Waals surface area contributed by atoms with Crippen molar-refractivity contribution >= 4 is 17.1 Å². The molecule has 0 amide bonds. The standard InChI is InChI=1S/C20H26N2O2/c1-3-4-11-22-18-12-14(2)9-10-16(18)19(23)17(20(22)24)13-21-15-7-5-6-8-15/h9-10,12-13,15,23H,3-8,11H2,1-2H3. The minimum atomic E-state index is -0.138. The van der Waals surface area contributed by atoms with Crippen molar-refractivity contribution in [2.75, 3.05) is 0 Å². The lowest BCUT2D eigenvalue weighted by atomic mass is 10.1. The van der Waals surface area contributed by atoms with Crippen LogP contribution in [-0.2, 0) is 6.54 Å². The molecular formula is C20H26N2O2. The molecule has 1 heterocycles. The molecule has 4 heteroatoms. The van der Waals surface area contributed by atoms with E-state index in [2.05, 4.69) is 11.9 Å². The smallest absolute Gasteiger partial charge is 0.263 e. The number of pyridine rings is 1. The van der Waals surface area contributed by atoms with Crippen molar-refractivity contribution in [3.05, 3.63) is 39.7 Å². The van der Waals surface area contributed by atoms with Gasteiger partial charge in [-0.2, -0.15) is 0 Å². The highest BCUT2D eigenvalue weighted by atomic mass is 16.3. The van der Waals surface area contributed by atoms with Crippen LogP contribution < -0.4 is 5.56 Å². The van der Waals surface area contributed by atoms with Crippen LogP contribution in [0.1, 0.15) is 56.6 Å². The molecule has 4 nitrogen and oxygen atoms in total. The first-order chi connectivity index (χ1) is 11.6. The number of benzene rings is 1. The van der Waals surface area contributed by atoms with Gasteiger partial charge < -0.3 is 9.67 Å². The van der Waals surface area contributed by atoms with Crippen LogP contribution in [0.3, 0.4) is 0 Å². The molecule has 1 fully saturated rings. The lowest BCUT2D eigenvalue weighted by Crippen LogP contribution is -2.24. The predicted octanol–water partition coefficient (Wildman–Crippen LogP) is 4.18. The van der Waals surface area contributed by atoms with E-state index in [-0.39, 0.29) is 11.3 Å². The second-order valence-electron chi connectivity index (χ2n) is 6.81. The third kappa shape index (κ3) is 3.23. The van der Waals surface area contributed by atoms with Gasteiger partial charge in [-0.15, -0.1) is 0 Å². The fourth-order valence-electron chi connectivity index (χ4n) is 3.45. The first-order valence-corrected chi connectivity index (χ1v) is 9.01. The van der Waals surface area contributed by atoms with E-state index >= 15 is 0 Å². The zero-order chi connectivity index (χ0) is 17.1. The van der Waals surface area contributed by atoms with Crippen LogP contribution >= 0.6 is 0 Å². The van der Waals surface area contributed by atoms with E-state index in [4.69, 9.17) is 0 Å². The van der Waals surface area contributed by atoms with E-state index < -0.39 is 0 Å². The van der Waals surface area contributed by atoms with Gasteiger partial charge in [-0.1, -0.05) is 32.3 Å². The molecule has 1 saturated carbocycles. The summed E-state index contributed by atoms with van der Waals surface area (Å²) in [6, 6.07) is 6.13. The Hall–Kier alpha value is -2.10. The van der Waals surface area contributed by atoms with Crippen LogP contribution in [0.15, 0.2) is 28.0 Å². The Morgan fingerprint density at radius 2 is 2.08 bits per heavy atom. The fourth-order valence-corrected chi connectivity index (χ4v) is 3.45. The molecule has 24 heavy (non-hydrogen) atoms. The maximum absolute atomic E-state index is 12.9. The Morgan fingerprint density at radius 1 is 1.33 bits per heavy atom. The van der Waals surface area contributed by atoms with Crippen molar-refractivity contribution < 1.29 is 5.11 Å². The Morgan fingerprint density at radius 3 is 2.79 bits per heavy atom. The van der Waals surface area contributed by atoms with Gasteiger partial charge in [0.15, 0.2) is 0 Å². The molecule has 3 rings (SSSR count). The van der Waals surface area contributed by atoms with Crippen LogP contribution in [0, 0.1) is 6.92 Å². The lowest BCUT2D eigenvalue weighted by Gasteiger charge is -2.14. The minimum Gasteiger partial charge on any atom is -0.506 e. The van der Waals surface area contributed by atoms with Gasteiger partial charge in [-0.3, -0.25) is 9.79 Å². The molecular weight excluding hydrogens is 300 g/mol. The summed E-state index contributed by atoms with van der Waals surface area (Å²) in [6.45, 7) is 4.78. The van der Waals surface area contributed by atoms with Crippen molar-refractivity contribution in [1.29, 1.82) is 0 Å². The zero-order valence-electron chi connectivity index (χ0n) is 14.6. The summed E-state index contributed by atoms with van der Waals surface area (Å²) in [6.07, 6.45) is 8.12. The van der Waals surface area contributed by atoms with Gasteiger partial charge in [0, 0.05) is 24.2 Å². The quantitative estimate of drug-likeness (QED) is 0.838. The number of aliphatic imine (C=N–C) groups is 1. The zero-order valence-corrected chi connectivity index (χ0v) is 14.6. The summed E-state index contributed by atoms with van der Waals surface area (Å²) in [5, 5.41) is 11.4. The molecule has 1 aliphatic rings. The van der Waals surface area contributed by atoms with Gasteiger partial charge >= 0.3 is 0 Å². The van der Waals surface area contributed by atoms with Crippen molar-refractivity contribution in [2.24, 2.45) is 4.99 Å². The molecule has 0 bridgehead atoms. The van der Waals surface area contributed by atoms with Crippen LogP contribution in [0.2, 0.25) is 0 Å². The number of hydrogen-bond acceptors (Lipinski definition) is 3. The molecule has 1 N–H and O–H groups in total. The molecule has 0 unspecified atom stereocenters. The summed E-state index contributed by atoms with van der Waals surface area (Å²) in [5.41, 5.74) is 2.08. The fraction of sp³-hybridized carbons (Fsp3) is 0.500. The lowest BCUT2D eigenvalue weighted by molar-refractivity contribution is 0.477. The summed E-state index contributed by atoms with van der Waals surface area (Å²) in [5.74, 6) is 0.0597. The number of aromatic hydroxyl groups is 1. The van der Waals surface area contributed by atoms with Gasteiger partial charge in [-0.05, 0) is 43.9 Å². The van der Waals surface area contributed by atoms with E-state index in [0.717, 1.165) is 42.1 Å². The highest BCUT2D eigenvalue weighted by Crippen LogP contribution is 2.27. The summed E-state index contributed by atoms with van der Waals surface area (Å²) < 4.78 is 1.79. The molecule has 0 spiro atoms. The maximum Gasteiger partial charge on any atom is 0.263 e. The number of aryl methyl sites for hydroxylation is 2. The van der Waals surface area contributed by atoms with E-state index in [9.17, 15) is 9.90 Å². The predicted molar refractivity (Wildman–Crippen MR) is 99.4 cm³/mol. The van der Waals surface area contributed by atoms with Crippen molar-refractivity contribution in [2.45, 2.75) is 65.0 Å². The first kappa shape index (κ1) is 16.7. The molecule has 0 aliphatic heterocycles. The largest absolute Gasteiger partial charge is 0.506 e. The minimum absolute atomic E-state index is 0.0597. The van der Waals surface area contributed by atoms with Crippen LogP contribution in [0.5, 0.6) is 5.75 Å². The van der Waals surface area contributed by atoms with Gasteiger partial charge in [0.25, 0.3) is 5.56 Å². The SMILES string of the molecule is CCCCn1c(=O)c(C=NC2CCCC2)c(O)c2ccc(C)cc21. The van der Waals surface area contributed by atoms with Crippen LogP contribution in [0.4, 0.5) is 0 Å². The van der Waals surface area contributed by atoms with E-state index in [1.54, 1.807) is 10.8 Å². The topological polar surface area (TPSA) is 54.6 Å². The van der Waals surface area contributed by atoms with Gasteiger partial charge in [-0.25, -0.2) is 0 Å². The van der Waals surface area contributed by atoms with Crippen molar-refractivity contribution in [3.63, 3.8) is 0 Å². The number of aromatic nitrogens is 1. The third-order valence-electron chi connectivity index (χ3n) is 4.90. The number of rotatable bonds is 5. The normalized spacial score (nSPS) is 15.8. The Labute approximate surface area is 142 Å². The van der Waals surface area contributed by atoms with E-state index in [0.29, 0.717) is 18.2 Å². The molecule has 0 saturated heterocycles. The molecule has 0 radical (unpaired) electrons. The molecule has 1 aromatic carbocycles. The number of nitrogens with zero attached hydrogens (tertiary/aromatic N) is 2. The molecule has 0 atom stereocenters. The Balaban J connectivity index is 2.14. The summed E-state index contributed by atoms with van der Waals surface area (Å²) in [7, 11) is 0. The van der Waals surface area contributed by atoms with Gasteiger partial charge in [0.1, 0.15) is 11.3 Å². The molecule has 2 aromatic rings. The van der Waals surface area contributed by atoms with Gasteiger partial charge in [0.05, 0.1) is 5.52 Å². The number of fused-ring (bicyclic) bond motifs is 1. The van der Waals surface area contributed by atoms with Gasteiger partial charge in [0.2, 0.25) is 0 Å². The Kier molecular flexibility index (Phi) is 5.03. The van der Waals surface area contributed by atoms with Crippen LogP contribution in [-0.4, -0.2) is 21.9 Å². The van der Waals surface area contributed by atoms with Crippen molar-refractivity contribution in [3.8, 4) is 5.75 Å². The first-order valence-electron chi connectivity index (χ1n) is 9.01. The van der Waals surface area contributed by atoms with Crippen LogP contribution in [0.25, 0.3) is 10.9 Å². The molecule has 1 aliphatic carbocycles. The summed E-state index contributed by atoms with van der Waals surface area (Å²) >= 11 is 0.